The van der Waals surface area contributed by atoms with E-state index in [4.69, 9.17) is 10.6 Å². The maximum atomic E-state index is 11.3. The van der Waals surface area contributed by atoms with Gasteiger partial charge >= 0.3 is 0 Å². The van der Waals surface area contributed by atoms with E-state index in [-0.39, 0.29) is 5.91 Å². The number of nitrogen functional groups attached to an aromatic ring is 1. The lowest BCUT2D eigenvalue weighted by molar-refractivity contribution is -0.116. The molecular weight excluding hydrogens is 278 g/mol. The zero-order chi connectivity index (χ0) is 13.9. The van der Waals surface area contributed by atoms with Crippen molar-refractivity contribution < 1.29 is 9.53 Å². The van der Waals surface area contributed by atoms with Crippen LogP contribution in [-0.2, 0) is 17.8 Å². The molecular formula is C12H13N5O2S. The van der Waals surface area contributed by atoms with E-state index >= 15 is 0 Å². The number of anilines is 2. The highest BCUT2D eigenvalue weighted by molar-refractivity contribution is 7.15. The van der Waals surface area contributed by atoms with Crippen molar-refractivity contribution in [1.82, 2.24) is 10.2 Å². The Labute approximate surface area is 119 Å². The largest absolute Gasteiger partial charge is 0.486 e. The molecule has 0 unspecified atom stereocenters. The van der Waals surface area contributed by atoms with Crippen molar-refractivity contribution in [3.8, 4) is 5.75 Å². The maximum Gasteiger partial charge on any atom is 0.224 e. The van der Waals surface area contributed by atoms with E-state index in [1.807, 2.05) is 18.2 Å². The van der Waals surface area contributed by atoms with Crippen LogP contribution in [0.5, 0.6) is 5.75 Å². The van der Waals surface area contributed by atoms with Crippen LogP contribution in [0.4, 0.5) is 10.8 Å². The molecule has 0 spiro atoms. The summed E-state index contributed by atoms with van der Waals surface area (Å²) in [7, 11) is 0. The number of rotatable bonds is 4. The highest BCUT2D eigenvalue weighted by atomic mass is 32.1. The number of fused-ring (bicyclic) bond motifs is 1. The first kappa shape index (κ1) is 12.8. The van der Waals surface area contributed by atoms with Gasteiger partial charge in [0.05, 0.1) is 0 Å². The van der Waals surface area contributed by atoms with Crippen LogP contribution in [0.15, 0.2) is 18.2 Å². The lowest BCUT2D eigenvalue weighted by atomic mass is 10.0. The predicted molar refractivity (Wildman–Crippen MR) is 75.4 cm³/mol. The fourth-order valence-electron chi connectivity index (χ4n) is 1.96. The first-order valence-electron chi connectivity index (χ1n) is 6.09. The highest BCUT2D eigenvalue weighted by Crippen LogP contribution is 2.27. The third-order valence-electron chi connectivity index (χ3n) is 2.92. The van der Waals surface area contributed by atoms with Crippen molar-refractivity contribution in [3.63, 3.8) is 0 Å². The van der Waals surface area contributed by atoms with Crippen LogP contribution in [0.1, 0.15) is 17.0 Å². The van der Waals surface area contributed by atoms with Crippen LogP contribution in [0, 0.1) is 0 Å². The number of nitrogens with zero attached hydrogens (tertiary/aromatic N) is 2. The molecule has 0 aliphatic carbocycles. The molecule has 0 saturated heterocycles. The number of hydrogen-bond acceptors (Lipinski definition) is 7. The lowest BCUT2D eigenvalue weighted by Gasteiger charge is -2.17. The van der Waals surface area contributed by atoms with Crippen LogP contribution in [0.2, 0.25) is 0 Å². The number of benzene rings is 1. The smallest absolute Gasteiger partial charge is 0.224 e. The minimum Gasteiger partial charge on any atom is -0.486 e. The minimum atomic E-state index is 0.0573. The number of carbonyl (C=O) groups is 1. The molecule has 7 nitrogen and oxygen atoms in total. The average molecular weight is 291 g/mol. The van der Waals surface area contributed by atoms with E-state index in [1.165, 1.54) is 11.3 Å². The summed E-state index contributed by atoms with van der Waals surface area (Å²) < 4.78 is 5.67. The molecule has 1 aromatic heterocycles. The number of amides is 1. The van der Waals surface area contributed by atoms with Gasteiger partial charge in [-0.15, -0.1) is 10.2 Å². The van der Waals surface area contributed by atoms with Crippen LogP contribution in [0.25, 0.3) is 0 Å². The molecule has 1 aromatic carbocycles. The zero-order valence-electron chi connectivity index (χ0n) is 10.5. The average Bonchev–Trinajstić information content (AvgIpc) is 2.93. The summed E-state index contributed by atoms with van der Waals surface area (Å²) in [6, 6.07) is 5.63. The van der Waals surface area contributed by atoms with Crippen LogP contribution in [-0.4, -0.2) is 16.1 Å². The summed E-state index contributed by atoms with van der Waals surface area (Å²) in [6.45, 7) is 0.338. The molecule has 8 heteroatoms. The molecule has 20 heavy (non-hydrogen) atoms. The van der Waals surface area contributed by atoms with Gasteiger partial charge in [0.1, 0.15) is 12.4 Å². The Bertz CT molecular complexity index is 643. The number of ether oxygens (including phenoxy) is 1. The SMILES string of the molecule is NNc1nnc(COc2ccc3c(c2)CCC(=O)N3)s1. The third-order valence-corrected chi connectivity index (χ3v) is 3.75. The second-order valence-electron chi connectivity index (χ2n) is 4.30. The third kappa shape index (κ3) is 2.70. The highest BCUT2D eigenvalue weighted by Gasteiger charge is 2.15. The van der Waals surface area contributed by atoms with Crippen molar-refractivity contribution in [1.29, 1.82) is 0 Å². The van der Waals surface area contributed by atoms with Crippen LogP contribution < -0.4 is 21.3 Å². The van der Waals surface area contributed by atoms with E-state index in [2.05, 4.69) is 20.9 Å². The monoisotopic (exact) mass is 291 g/mol. The lowest BCUT2D eigenvalue weighted by Crippen LogP contribution is -2.18. The molecule has 1 amide bonds. The van der Waals surface area contributed by atoms with E-state index in [0.717, 1.165) is 28.4 Å². The van der Waals surface area contributed by atoms with E-state index in [0.29, 0.717) is 18.2 Å². The van der Waals surface area contributed by atoms with Gasteiger partial charge in [-0.3, -0.25) is 10.2 Å². The van der Waals surface area contributed by atoms with Crippen LogP contribution in [0.3, 0.4) is 0 Å². The molecule has 0 atom stereocenters. The summed E-state index contributed by atoms with van der Waals surface area (Å²) in [5.41, 5.74) is 4.39. The van der Waals surface area contributed by atoms with Gasteiger partial charge in [0, 0.05) is 12.1 Å². The van der Waals surface area contributed by atoms with Gasteiger partial charge in [-0.1, -0.05) is 11.3 Å². The Morgan fingerprint density at radius 3 is 3.10 bits per heavy atom. The second kappa shape index (κ2) is 5.43. The molecule has 1 aliphatic heterocycles. The number of aromatic nitrogens is 2. The summed E-state index contributed by atoms with van der Waals surface area (Å²) in [6.07, 6.45) is 1.25. The topological polar surface area (TPSA) is 102 Å². The number of hydrogen-bond donors (Lipinski definition) is 3. The normalized spacial score (nSPS) is 13.6. The number of nitrogens with two attached hydrogens (primary N) is 1. The Morgan fingerprint density at radius 2 is 2.30 bits per heavy atom. The summed E-state index contributed by atoms with van der Waals surface area (Å²) in [4.78, 5) is 11.3. The van der Waals surface area contributed by atoms with E-state index in [1.54, 1.807) is 0 Å². The fourth-order valence-corrected chi connectivity index (χ4v) is 2.53. The van der Waals surface area contributed by atoms with Gasteiger partial charge < -0.3 is 10.1 Å². The summed E-state index contributed by atoms with van der Waals surface area (Å²) >= 11 is 1.34. The van der Waals surface area contributed by atoms with E-state index < -0.39 is 0 Å². The molecule has 2 aromatic rings. The molecule has 3 rings (SSSR count). The first-order valence-corrected chi connectivity index (χ1v) is 6.91. The minimum absolute atomic E-state index is 0.0573. The standard InChI is InChI=1S/C12H13N5O2S/c13-15-12-17-16-11(20-12)6-19-8-2-3-9-7(5-8)1-4-10(18)14-9/h2-3,5H,1,4,6,13H2,(H,14,18)(H,15,17). The number of hydrazine groups is 1. The molecule has 2 heterocycles. The van der Waals surface area contributed by atoms with Crippen molar-refractivity contribution in [3.05, 3.63) is 28.8 Å². The Balaban J connectivity index is 1.67. The quantitative estimate of drug-likeness (QED) is 0.579. The van der Waals surface area contributed by atoms with E-state index in [9.17, 15) is 4.79 Å². The van der Waals surface area contributed by atoms with Crippen molar-refractivity contribution in [2.45, 2.75) is 19.4 Å². The Morgan fingerprint density at radius 1 is 1.40 bits per heavy atom. The van der Waals surface area contributed by atoms with Gasteiger partial charge in [0.15, 0.2) is 5.01 Å². The Kier molecular flexibility index (Phi) is 3.48. The molecule has 0 radical (unpaired) electrons. The summed E-state index contributed by atoms with van der Waals surface area (Å²) in [5.74, 6) is 6.05. The Hall–Kier alpha value is -2.19. The van der Waals surface area contributed by atoms with Crippen molar-refractivity contribution >= 4 is 28.1 Å². The number of aryl methyl sites for hydroxylation is 1. The number of nitrogens with one attached hydrogen (secondary N) is 2. The number of carbonyl (C=O) groups excluding carboxylic acids is 1. The molecule has 0 bridgehead atoms. The zero-order valence-corrected chi connectivity index (χ0v) is 11.4. The van der Waals surface area contributed by atoms with Crippen molar-refractivity contribution in [2.75, 3.05) is 10.7 Å². The fraction of sp³-hybridized carbons (Fsp3) is 0.250. The van der Waals surface area contributed by atoms with Crippen molar-refractivity contribution in [2.24, 2.45) is 5.84 Å². The van der Waals surface area contributed by atoms with Gasteiger partial charge in [-0.2, -0.15) is 0 Å². The van der Waals surface area contributed by atoms with Gasteiger partial charge in [-0.25, -0.2) is 5.84 Å². The first-order chi connectivity index (χ1) is 9.74. The van der Waals surface area contributed by atoms with Gasteiger partial charge in [0.25, 0.3) is 0 Å². The molecule has 0 fully saturated rings. The molecule has 1 aliphatic rings. The van der Waals surface area contributed by atoms with Gasteiger partial charge in [-0.05, 0) is 30.2 Å². The van der Waals surface area contributed by atoms with Crippen LogP contribution >= 0.6 is 11.3 Å². The second-order valence-corrected chi connectivity index (χ2v) is 5.36. The summed E-state index contributed by atoms with van der Waals surface area (Å²) in [5, 5.41) is 11.9. The molecule has 0 saturated carbocycles. The molecule has 4 N–H and O–H groups in total. The maximum absolute atomic E-state index is 11.3. The van der Waals surface area contributed by atoms with Gasteiger partial charge in [0.2, 0.25) is 11.0 Å². The molecule has 104 valence electrons. The predicted octanol–water partition coefficient (Wildman–Crippen LogP) is 1.29.